The van der Waals surface area contributed by atoms with E-state index in [2.05, 4.69) is 4.90 Å². The van der Waals surface area contributed by atoms with E-state index in [9.17, 15) is 18.4 Å². The molecule has 0 unspecified atom stereocenters. The standard InChI is InChI=1S/C22H29F2N3O2/c23-16-3-4-18(19(24)13-16)20(28)27-9-5-17(6-10-27)26-11-7-22(8-12-26,21(25)29)14-15-1-2-15/h3-4,13,15,17H,1-2,5-12,14H2,(H2,25,29). The summed E-state index contributed by atoms with van der Waals surface area (Å²) in [6.45, 7) is 2.83. The number of halogens is 2. The third kappa shape index (κ3) is 4.29. The molecule has 5 nitrogen and oxygen atoms in total. The summed E-state index contributed by atoms with van der Waals surface area (Å²) in [6, 6.07) is 3.44. The average molecular weight is 405 g/mol. The Hall–Kier alpha value is -2.02. The van der Waals surface area contributed by atoms with Crippen LogP contribution in [0.2, 0.25) is 0 Å². The van der Waals surface area contributed by atoms with Crippen molar-refractivity contribution in [1.29, 1.82) is 0 Å². The van der Waals surface area contributed by atoms with Crippen LogP contribution >= 0.6 is 0 Å². The van der Waals surface area contributed by atoms with Crippen molar-refractivity contribution < 1.29 is 18.4 Å². The van der Waals surface area contributed by atoms with Gasteiger partial charge in [-0.05, 0) is 63.2 Å². The van der Waals surface area contributed by atoms with Crippen LogP contribution < -0.4 is 5.73 Å². The van der Waals surface area contributed by atoms with Gasteiger partial charge in [0.1, 0.15) is 11.6 Å². The van der Waals surface area contributed by atoms with E-state index in [0.717, 1.165) is 57.3 Å². The van der Waals surface area contributed by atoms with E-state index in [1.807, 2.05) is 0 Å². The fraction of sp³-hybridized carbons (Fsp3) is 0.636. The first-order chi connectivity index (χ1) is 13.9. The fourth-order valence-corrected chi connectivity index (χ4v) is 5.01. The van der Waals surface area contributed by atoms with Crippen LogP contribution in [0.25, 0.3) is 0 Å². The lowest BCUT2D eigenvalue weighted by Crippen LogP contribution is -2.53. The van der Waals surface area contributed by atoms with Crippen LogP contribution in [0.4, 0.5) is 8.78 Å². The Morgan fingerprint density at radius 1 is 1.03 bits per heavy atom. The second-order valence-electron chi connectivity index (χ2n) is 8.98. The minimum Gasteiger partial charge on any atom is -0.369 e. The monoisotopic (exact) mass is 405 g/mol. The molecule has 2 N–H and O–H groups in total. The van der Waals surface area contributed by atoms with Gasteiger partial charge in [0.15, 0.2) is 0 Å². The number of nitrogens with zero attached hydrogens (tertiary/aromatic N) is 2. The molecule has 2 amide bonds. The van der Waals surface area contributed by atoms with Crippen LogP contribution in [0.5, 0.6) is 0 Å². The molecule has 0 radical (unpaired) electrons. The van der Waals surface area contributed by atoms with Gasteiger partial charge < -0.3 is 15.5 Å². The largest absolute Gasteiger partial charge is 0.369 e. The number of carbonyl (C=O) groups is 2. The van der Waals surface area contributed by atoms with Gasteiger partial charge >= 0.3 is 0 Å². The van der Waals surface area contributed by atoms with Gasteiger partial charge in [0, 0.05) is 25.2 Å². The molecule has 3 aliphatic rings. The first-order valence-corrected chi connectivity index (χ1v) is 10.7. The van der Waals surface area contributed by atoms with Crippen LogP contribution in [0.15, 0.2) is 18.2 Å². The normalized spacial score (nSPS) is 23.2. The summed E-state index contributed by atoms with van der Waals surface area (Å²) in [4.78, 5) is 28.8. The SMILES string of the molecule is NC(=O)C1(CC2CC2)CCN(C2CCN(C(=O)c3ccc(F)cc3F)CC2)CC1. The van der Waals surface area contributed by atoms with E-state index < -0.39 is 11.6 Å². The zero-order valence-electron chi connectivity index (χ0n) is 16.7. The number of primary amides is 1. The van der Waals surface area contributed by atoms with Gasteiger partial charge in [-0.1, -0.05) is 12.8 Å². The molecule has 1 aromatic carbocycles. The Kier molecular flexibility index (Phi) is 5.60. The highest BCUT2D eigenvalue weighted by molar-refractivity contribution is 5.94. The quantitative estimate of drug-likeness (QED) is 0.819. The molecule has 158 valence electrons. The predicted molar refractivity (Wildman–Crippen MR) is 105 cm³/mol. The summed E-state index contributed by atoms with van der Waals surface area (Å²) in [5.41, 5.74) is 5.36. The smallest absolute Gasteiger partial charge is 0.256 e. The molecular weight excluding hydrogens is 376 g/mol. The van der Waals surface area contributed by atoms with Crippen LogP contribution in [-0.2, 0) is 4.79 Å². The molecular formula is C22H29F2N3O2. The lowest BCUT2D eigenvalue weighted by molar-refractivity contribution is -0.132. The molecule has 2 heterocycles. The third-order valence-corrected chi connectivity index (χ3v) is 7.08. The van der Waals surface area contributed by atoms with Crippen molar-refractivity contribution in [3.63, 3.8) is 0 Å². The minimum atomic E-state index is -0.813. The van der Waals surface area contributed by atoms with Gasteiger partial charge in [0.25, 0.3) is 5.91 Å². The van der Waals surface area contributed by atoms with Crippen molar-refractivity contribution in [3.8, 4) is 0 Å². The Balaban J connectivity index is 1.31. The highest BCUT2D eigenvalue weighted by Gasteiger charge is 2.44. The number of nitrogens with two attached hydrogens (primary N) is 1. The van der Waals surface area contributed by atoms with Gasteiger partial charge in [-0.3, -0.25) is 9.59 Å². The molecule has 0 bridgehead atoms. The summed E-state index contributed by atoms with van der Waals surface area (Å²) in [5.74, 6) is -1.35. The number of benzene rings is 1. The van der Waals surface area contributed by atoms with Crippen molar-refractivity contribution in [2.75, 3.05) is 26.2 Å². The molecule has 1 saturated carbocycles. The van der Waals surface area contributed by atoms with Crippen LogP contribution in [0.1, 0.15) is 55.3 Å². The van der Waals surface area contributed by atoms with E-state index in [4.69, 9.17) is 5.73 Å². The molecule has 0 atom stereocenters. The van der Waals surface area contributed by atoms with Gasteiger partial charge in [0.2, 0.25) is 5.91 Å². The molecule has 7 heteroatoms. The summed E-state index contributed by atoms with van der Waals surface area (Å²) in [5, 5.41) is 0. The second kappa shape index (κ2) is 8.01. The molecule has 1 aliphatic carbocycles. The molecule has 3 fully saturated rings. The Labute approximate surface area is 170 Å². The summed E-state index contributed by atoms with van der Waals surface area (Å²) in [6.07, 6.45) is 6.66. The zero-order chi connectivity index (χ0) is 20.6. The van der Waals surface area contributed by atoms with E-state index >= 15 is 0 Å². The van der Waals surface area contributed by atoms with Gasteiger partial charge in [0.05, 0.1) is 11.0 Å². The maximum Gasteiger partial charge on any atom is 0.256 e. The lowest BCUT2D eigenvalue weighted by Gasteiger charge is -2.45. The molecule has 29 heavy (non-hydrogen) atoms. The molecule has 0 aromatic heterocycles. The minimum absolute atomic E-state index is 0.0749. The van der Waals surface area contributed by atoms with E-state index in [1.54, 1.807) is 4.90 Å². The number of rotatable bonds is 5. The number of likely N-dealkylation sites (tertiary alicyclic amines) is 2. The van der Waals surface area contributed by atoms with Gasteiger partial charge in [-0.2, -0.15) is 0 Å². The number of hydrogen-bond acceptors (Lipinski definition) is 3. The van der Waals surface area contributed by atoms with Gasteiger partial charge in [-0.15, -0.1) is 0 Å². The summed E-state index contributed by atoms with van der Waals surface area (Å²) in [7, 11) is 0. The number of carbonyl (C=O) groups excluding carboxylic acids is 2. The molecule has 1 aromatic rings. The third-order valence-electron chi connectivity index (χ3n) is 7.08. The highest BCUT2D eigenvalue weighted by Crippen LogP contribution is 2.46. The first kappa shape index (κ1) is 20.3. The van der Waals surface area contributed by atoms with E-state index in [1.165, 1.54) is 18.9 Å². The highest BCUT2D eigenvalue weighted by atomic mass is 19.1. The van der Waals surface area contributed by atoms with Crippen molar-refractivity contribution in [1.82, 2.24) is 9.80 Å². The summed E-state index contributed by atoms with van der Waals surface area (Å²) >= 11 is 0. The van der Waals surface area contributed by atoms with Crippen molar-refractivity contribution in [3.05, 3.63) is 35.4 Å². The Morgan fingerprint density at radius 3 is 2.24 bits per heavy atom. The van der Waals surface area contributed by atoms with E-state index in [0.29, 0.717) is 25.0 Å². The molecule has 4 rings (SSSR count). The average Bonchev–Trinajstić information content (AvgIpc) is 3.52. The van der Waals surface area contributed by atoms with E-state index in [-0.39, 0.29) is 22.8 Å². The Bertz CT molecular complexity index is 780. The van der Waals surface area contributed by atoms with Crippen molar-refractivity contribution in [2.45, 2.75) is 51.0 Å². The van der Waals surface area contributed by atoms with Crippen LogP contribution in [0, 0.1) is 23.0 Å². The predicted octanol–water partition coefficient (Wildman–Crippen LogP) is 2.94. The summed E-state index contributed by atoms with van der Waals surface area (Å²) < 4.78 is 27.0. The number of hydrogen-bond donors (Lipinski definition) is 1. The fourth-order valence-electron chi connectivity index (χ4n) is 5.01. The maximum atomic E-state index is 13.9. The maximum absolute atomic E-state index is 13.9. The van der Waals surface area contributed by atoms with Crippen molar-refractivity contribution >= 4 is 11.8 Å². The molecule has 2 aliphatic heterocycles. The molecule has 0 spiro atoms. The van der Waals surface area contributed by atoms with Gasteiger partial charge in [-0.25, -0.2) is 8.78 Å². The second-order valence-corrected chi connectivity index (χ2v) is 8.98. The van der Waals surface area contributed by atoms with Crippen LogP contribution in [0.3, 0.4) is 0 Å². The first-order valence-electron chi connectivity index (χ1n) is 10.7. The lowest BCUT2D eigenvalue weighted by atomic mass is 9.73. The Morgan fingerprint density at radius 2 is 1.69 bits per heavy atom. The zero-order valence-corrected chi connectivity index (χ0v) is 16.7. The molecule has 2 saturated heterocycles. The number of amides is 2. The van der Waals surface area contributed by atoms with Crippen LogP contribution in [-0.4, -0.2) is 53.8 Å². The van der Waals surface area contributed by atoms with Crippen molar-refractivity contribution in [2.24, 2.45) is 17.1 Å². The number of piperidine rings is 2. The topological polar surface area (TPSA) is 66.6 Å².